The summed E-state index contributed by atoms with van der Waals surface area (Å²) in [5.41, 5.74) is 13.2. The van der Waals surface area contributed by atoms with Crippen molar-refractivity contribution in [3.63, 3.8) is 0 Å². The predicted octanol–water partition coefficient (Wildman–Crippen LogP) is 10.3. The Kier molecular flexibility index (Phi) is 5.40. The van der Waals surface area contributed by atoms with Crippen molar-refractivity contribution in [2.24, 2.45) is 0 Å². The summed E-state index contributed by atoms with van der Waals surface area (Å²) in [6.45, 7) is 0. The van der Waals surface area contributed by atoms with Gasteiger partial charge in [0.1, 0.15) is 0 Å². The number of benzene rings is 4. The van der Waals surface area contributed by atoms with Crippen LogP contribution in [0.1, 0.15) is 78.7 Å². The molecule has 0 amide bonds. The summed E-state index contributed by atoms with van der Waals surface area (Å²) in [5, 5.41) is 6.54. The van der Waals surface area contributed by atoms with Crippen molar-refractivity contribution in [2.75, 3.05) is 5.32 Å². The lowest BCUT2D eigenvalue weighted by atomic mass is 9.62. The highest BCUT2D eigenvalue weighted by molar-refractivity contribution is 5.97. The van der Waals surface area contributed by atoms with Crippen LogP contribution in [-0.2, 0) is 11.8 Å². The van der Waals surface area contributed by atoms with E-state index >= 15 is 0 Å². The quantitative estimate of drug-likeness (QED) is 0.292. The van der Waals surface area contributed by atoms with Gasteiger partial charge in [-0.15, -0.1) is 0 Å². The third-order valence-electron chi connectivity index (χ3n) is 9.86. The molecular weight excluding hydrogens is 470 g/mol. The van der Waals surface area contributed by atoms with Gasteiger partial charge >= 0.3 is 0 Å². The molecule has 1 saturated carbocycles. The third kappa shape index (κ3) is 3.59. The first-order valence-electron chi connectivity index (χ1n) is 14.9. The van der Waals surface area contributed by atoms with E-state index in [1.807, 2.05) is 0 Å². The molecule has 0 saturated heterocycles. The molecule has 0 aliphatic heterocycles. The molecule has 0 aromatic heterocycles. The molecule has 1 fully saturated rings. The molecule has 192 valence electrons. The Hall–Kier alpha value is -3.84. The van der Waals surface area contributed by atoms with Crippen molar-refractivity contribution in [3.05, 3.63) is 130 Å². The summed E-state index contributed by atoms with van der Waals surface area (Å²) in [5.74, 6) is 0.436. The first-order valence-corrected chi connectivity index (χ1v) is 14.9. The summed E-state index contributed by atoms with van der Waals surface area (Å²) in [6.07, 6.45) is 19.4. The number of rotatable bonds is 3. The van der Waals surface area contributed by atoms with Gasteiger partial charge in [0.2, 0.25) is 0 Å². The highest BCUT2D eigenvalue weighted by atomic mass is 14.9. The Morgan fingerprint density at radius 2 is 1.64 bits per heavy atom. The monoisotopic (exact) mass is 505 g/mol. The van der Waals surface area contributed by atoms with Crippen molar-refractivity contribution in [1.82, 2.24) is 0 Å². The van der Waals surface area contributed by atoms with Crippen molar-refractivity contribution in [3.8, 4) is 0 Å². The van der Waals surface area contributed by atoms with Gasteiger partial charge in [-0.25, -0.2) is 0 Å². The van der Waals surface area contributed by atoms with Gasteiger partial charge < -0.3 is 5.32 Å². The van der Waals surface area contributed by atoms with Crippen LogP contribution in [0.3, 0.4) is 0 Å². The summed E-state index contributed by atoms with van der Waals surface area (Å²) in [4.78, 5) is 0. The fourth-order valence-corrected chi connectivity index (χ4v) is 8.23. The summed E-state index contributed by atoms with van der Waals surface area (Å²) >= 11 is 0. The van der Waals surface area contributed by atoms with Crippen LogP contribution in [-0.4, -0.2) is 0 Å². The molecule has 1 unspecified atom stereocenters. The molecule has 4 aliphatic carbocycles. The van der Waals surface area contributed by atoms with Crippen molar-refractivity contribution in [1.29, 1.82) is 0 Å². The fourth-order valence-electron chi connectivity index (χ4n) is 8.23. The van der Waals surface area contributed by atoms with E-state index in [0.29, 0.717) is 5.92 Å². The average molecular weight is 506 g/mol. The van der Waals surface area contributed by atoms with E-state index in [0.717, 1.165) is 19.3 Å². The van der Waals surface area contributed by atoms with Gasteiger partial charge in [-0.1, -0.05) is 104 Å². The van der Waals surface area contributed by atoms with Crippen molar-refractivity contribution < 1.29 is 0 Å². The number of hydrogen-bond donors (Lipinski definition) is 1. The van der Waals surface area contributed by atoms with E-state index in [2.05, 4.69) is 108 Å². The highest BCUT2D eigenvalue weighted by Gasteiger charge is 2.48. The molecule has 1 spiro atoms. The van der Waals surface area contributed by atoms with Crippen LogP contribution >= 0.6 is 0 Å². The Labute approximate surface area is 232 Å². The minimum absolute atomic E-state index is 0.215. The molecule has 1 nitrogen and oxygen atoms in total. The first kappa shape index (κ1) is 23.1. The van der Waals surface area contributed by atoms with Gasteiger partial charge in [-0.3, -0.25) is 0 Å². The average Bonchev–Trinajstić information content (AvgIpc) is 3.27. The van der Waals surface area contributed by atoms with Crippen molar-refractivity contribution in [2.45, 2.75) is 62.7 Å². The van der Waals surface area contributed by atoms with Crippen LogP contribution < -0.4 is 5.32 Å². The van der Waals surface area contributed by atoms with E-state index in [-0.39, 0.29) is 5.41 Å². The summed E-state index contributed by atoms with van der Waals surface area (Å²) in [6, 6.07) is 29.8. The van der Waals surface area contributed by atoms with Gasteiger partial charge in [0.15, 0.2) is 0 Å². The first-order chi connectivity index (χ1) is 19.3. The zero-order valence-electron chi connectivity index (χ0n) is 22.5. The van der Waals surface area contributed by atoms with Gasteiger partial charge in [0.05, 0.1) is 0 Å². The minimum atomic E-state index is 0.215. The Balaban J connectivity index is 1.20. The Bertz CT molecular complexity index is 1690. The molecule has 0 bridgehead atoms. The van der Waals surface area contributed by atoms with Crippen molar-refractivity contribution >= 4 is 33.8 Å². The second kappa shape index (κ2) is 9.12. The minimum Gasteiger partial charge on any atom is -0.355 e. The van der Waals surface area contributed by atoms with E-state index in [9.17, 15) is 0 Å². The molecule has 4 aromatic carbocycles. The van der Waals surface area contributed by atoms with Crippen LogP contribution in [0.4, 0.5) is 11.4 Å². The van der Waals surface area contributed by atoms with Gasteiger partial charge in [-0.2, -0.15) is 0 Å². The van der Waals surface area contributed by atoms with E-state index in [4.69, 9.17) is 0 Å². The molecule has 0 radical (unpaired) electrons. The van der Waals surface area contributed by atoms with Gasteiger partial charge in [-0.05, 0) is 100 Å². The van der Waals surface area contributed by atoms with E-state index < -0.39 is 0 Å². The molecule has 0 heterocycles. The maximum Gasteiger partial charge on any atom is 0.0429 e. The zero-order chi connectivity index (χ0) is 25.8. The third-order valence-corrected chi connectivity index (χ3v) is 9.86. The Morgan fingerprint density at radius 3 is 2.59 bits per heavy atom. The fraction of sp³-hybridized carbons (Fsp3) is 0.263. The molecule has 39 heavy (non-hydrogen) atoms. The standard InChI is InChI=1S/C38H35N/c1-8-22-38(23-9-1)35-21-7-6-17-32(35)34-20-11-19-30(37(34)38)26-13-10-14-28(24-26)39-36-25-27-12-2-3-15-29(27)31-16-4-5-18-33(31)36/h2-4,6-7,10-17,20-21,24-25,30,39H,1,5,8-9,18-19,22-23H2. The molecule has 1 atom stereocenters. The van der Waals surface area contributed by atoms with Gasteiger partial charge in [0.25, 0.3) is 0 Å². The van der Waals surface area contributed by atoms with Crippen LogP contribution in [0.15, 0.2) is 103 Å². The molecular formula is C38H35N. The topological polar surface area (TPSA) is 12.0 Å². The largest absolute Gasteiger partial charge is 0.355 e. The molecule has 1 heteroatoms. The maximum absolute atomic E-state index is 3.88. The second-order valence-electron chi connectivity index (χ2n) is 11.9. The van der Waals surface area contributed by atoms with Crippen LogP contribution in [0.2, 0.25) is 0 Å². The molecule has 8 rings (SSSR count). The van der Waals surface area contributed by atoms with Crippen LogP contribution in [0.5, 0.6) is 0 Å². The SMILES string of the molecule is C1=Cc2c(c(Nc3cccc(C4CC=CC5=C4C4(CCCCC4)c4ccccc45)c3)cc3ccccc23)CC1. The predicted molar refractivity (Wildman–Crippen MR) is 166 cm³/mol. The molecule has 1 N–H and O–H groups in total. The number of allylic oxidation sites excluding steroid dienone is 5. The Morgan fingerprint density at radius 1 is 0.769 bits per heavy atom. The second-order valence-corrected chi connectivity index (χ2v) is 11.9. The lowest BCUT2D eigenvalue weighted by molar-refractivity contribution is 0.331. The normalized spacial score (nSPS) is 20.7. The number of hydrogen-bond acceptors (Lipinski definition) is 1. The van der Waals surface area contributed by atoms with Gasteiger partial charge in [0, 0.05) is 22.7 Å². The molecule has 4 aliphatic rings. The molecule has 4 aromatic rings. The highest BCUT2D eigenvalue weighted by Crippen LogP contribution is 2.60. The zero-order valence-corrected chi connectivity index (χ0v) is 22.5. The van der Waals surface area contributed by atoms with Crippen LogP contribution in [0, 0.1) is 0 Å². The number of fused-ring (bicyclic) bond motifs is 7. The lowest BCUT2D eigenvalue weighted by Gasteiger charge is -2.41. The van der Waals surface area contributed by atoms with Crippen LogP contribution in [0.25, 0.3) is 22.4 Å². The number of anilines is 2. The smallest absolute Gasteiger partial charge is 0.0429 e. The summed E-state index contributed by atoms with van der Waals surface area (Å²) in [7, 11) is 0. The van der Waals surface area contributed by atoms with E-state index in [1.165, 1.54) is 82.1 Å². The maximum atomic E-state index is 3.88. The lowest BCUT2D eigenvalue weighted by Crippen LogP contribution is -2.32. The summed E-state index contributed by atoms with van der Waals surface area (Å²) < 4.78 is 0. The van der Waals surface area contributed by atoms with E-state index in [1.54, 1.807) is 11.1 Å². The number of nitrogens with one attached hydrogen (secondary N) is 1.